The summed E-state index contributed by atoms with van der Waals surface area (Å²) in [6.07, 6.45) is 36.8. The Kier molecular flexibility index (Phi) is 35.3. The third-order valence-corrected chi connectivity index (χ3v) is 8.78. The van der Waals surface area contributed by atoms with Crippen molar-refractivity contribution in [2.75, 3.05) is 26.4 Å². The number of nitrogens with two attached hydrogens (primary N) is 1. The summed E-state index contributed by atoms with van der Waals surface area (Å²) in [6.45, 7) is 3.02. The van der Waals surface area contributed by atoms with Gasteiger partial charge in [0.05, 0.1) is 31.5 Å². The maximum absolute atomic E-state index is 12.5. The molecule has 0 amide bonds. The molecule has 0 heterocycles. The molecule has 0 rings (SSSR count). The van der Waals surface area contributed by atoms with Gasteiger partial charge in [-0.25, -0.2) is 4.57 Å². The fraction of sp³-hybridized carbons (Fsp3) is 0.581. The van der Waals surface area contributed by atoms with Gasteiger partial charge in [-0.2, -0.15) is 0 Å². The molecule has 0 saturated heterocycles. The quantitative estimate of drug-likeness (QED) is 0.0137. The molecule has 0 aromatic heterocycles. The smallest absolute Gasteiger partial charge is 0.462 e. The van der Waals surface area contributed by atoms with Crippen LogP contribution in [0, 0.1) is 0 Å². The topological polar surface area (TPSA) is 195 Å². The fourth-order valence-corrected chi connectivity index (χ4v) is 5.45. The van der Waals surface area contributed by atoms with Crippen molar-refractivity contribution in [2.45, 2.75) is 135 Å². The van der Waals surface area contributed by atoms with Gasteiger partial charge in [0.15, 0.2) is 6.10 Å². The lowest BCUT2D eigenvalue weighted by atomic mass is 10.1. The molecule has 0 aliphatic heterocycles. The molecule has 12 nitrogen and oxygen atoms in total. The Balaban J connectivity index is 4.63. The lowest BCUT2D eigenvalue weighted by molar-refractivity contribution is -0.161. The molecule has 56 heavy (non-hydrogen) atoms. The minimum atomic E-state index is -4.48. The first kappa shape index (κ1) is 52.8. The first-order chi connectivity index (χ1) is 27.0. The van der Waals surface area contributed by atoms with Crippen molar-refractivity contribution in [3.05, 3.63) is 97.2 Å². The minimum Gasteiger partial charge on any atom is -0.462 e. The summed E-state index contributed by atoms with van der Waals surface area (Å²) in [5, 5.41) is 30.3. The van der Waals surface area contributed by atoms with Gasteiger partial charge in [0.1, 0.15) is 6.61 Å². The van der Waals surface area contributed by atoms with E-state index in [0.29, 0.717) is 12.8 Å². The van der Waals surface area contributed by atoms with Crippen LogP contribution in [0.5, 0.6) is 0 Å². The number of phosphoric acid groups is 1. The van der Waals surface area contributed by atoms with Crippen LogP contribution in [0.4, 0.5) is 0 Å². The van der Waals surface area contributed by atoms with E-state index in [9.17, 15) is 34.4 Å². The SMILES string of the molecule is CC/C=C\C[C@@H](O)/C=C/C=C/C=C\C=C/[C@H](O)[C@@H](O)CCCC(=O)OC[C@H](COP(=O)(O)OCCN)OC(=O)CCCC/C=C\C/C=C\C/C=C\CCCCC. The van der Waals surface area contributed by atoms with E-state index in [0.717, 1.165) is 38.5 Å². The molecule has 1 unspecified atom stereocenters. The van der Waals surface area contributed by atoms with Gasteiger partial charge in [-0.15, -0.1) is 0 Å². The maximum atomic E-state index is 12.5. The number of carbonyl (C=O) groups is 2. The number of esters is 2. The Labute approximate surface area is 335 Å². The average molecular weight is 808 g/mol. The Hall–Kier alpha value is -3.19. The van der Waals surface area contributed by atoms with Crippen LogP contribution >= 0.6 is 7.82 Å². The number of hydrogen-bond donors (Lipinski definition) is 5. The van der Waals surface area contributed by atoms with Crippen molar-refractivity contribution in [3.63, 3.8) is 0 Å². The summed E-state index contributed by atoms with van der Waals surface area (Å²) in [5.74, 6) is -1.22. The number of phosphoric ester groups is 1. The summed E-state index contributed by atoms with van der Waals surface area (Å²) < 4.78 is 32.4. The first-order valence-electron chi connectivity index (χ1n) is 20.0. The molecule has 6 N–H and O–H groups in total. The second-order valence-electron chi connectivity index (χ2n) is 13.0. The Morgan fingerprint density at radius 2 is 1.30 bits per heavy atom. The molecule has 318 valence electrons. The Bertz CT molecular complexity index is 1290. The molecule has 0 aliphatic rings. The lowest BCUT2D eigenvalue weighted by Crippen LogP contribution is -2.30. The van der Waals surface area contributed by atoms with E-state index in [1.807, 2.05) is 19.1 Å². The zero-order valence-electron chi connectivity index (χ0n) is 33.7. The average Bonchev–Trinajstić information content (AvgIpc) is 3.17. The largest absolute Gasteiger partial charge is 0.472 e. The normalized spacial score (nSPS) is 16.1. The molecule has 0 spiro atoms. The van der Waals surface area contributed by atoms with Crippen LogP contribution in [0.25, 0.3) is 0 Å². The highest BCUT2D eigenvalue weighted by Crippen LogP contribution is 2.43. The van der Waals surface area contributed by atoms with Gasteiger partial charge in [0.25, 0.3) is 0 Å². The number of allylic oxidation sites excluding steroid dienone is 13. The van der Waals surface area contributed by atoms with E-state index in [1.54, 1.807) is 42.5 Å². The highest BCUT2D eigenvalue weighted by molar-refractivity contribution is 7.47. The van der Waals surface area contributed by atoms with Gasteiger partial charge in [0, 0.05) is 19.4 Å². The van der Waals surface area contributed by atoms with Crippen molar-refractivity contribution in [3.8, 4) is 0 Å². The minimum absolute atomic E-state index is 0.00760. The number of unbranched alkanes of at least 4 members (excludes halogenated alkanes) is 5. The van der Waals surface area contributed by atoms with Gasteiger partial charge in [0.2, 0.25) is 0 Å². The van der Waals surface area contributed by atoms with E-state index < -0.39 is 57.4 Å². The monoisotopic (exact) mass is 807 g/mol. The zero-order chi connectivity index (χ0) is 41.5. The fourth-order valence-electron chi connectivity index (χ4n) is 4.69. The third-order valence-electron chi connectivity index (χ3n) is 7.80. The predicted octanol–water partition coefficient (Wildman–Crippen LogP) is 7.96. The van der Waals surface area contributed by atoms with Gasteiger partial charge < -0.3 is 35.4 Å². The van der Waals surface area contributed by atoms with Gasteiger partial charge in [-0.1, -0.05) is 124 Å². The zero-order valence-corrected chi connectivity index (χ0v) is 34.5. The van der Waals surface area contributed by atoms with Crippen LogP contribution < -0.4 is 5.73 Å². The van der Waals surface area contributed by atoms with Crippen LogP contribution in [0.3, 0.4) is 0 Å². The van der Waals surface area contributed by atoms with E-state index in [-0.39, 0.29) is 38.8 Å². The van der Waals surface area contributed by atoms with Gasteiger partial charge in [-0.3, -0.25) is 18.6 Å². The summed E-state index contributed by atoms with van der Waals surface area (Å²) in [7, 11) is -4.48. The number of aliphatic hydroxyl groups excluding tert-OH is 3. The Morgan fingerprint density at radius 1 is 0.696 bits per heavy atom. The van der Waals surface area contributed by atoms with Crippen LogP contribution in [-0.4, -0.2) is 82.9 Å². The summed E-state index contributed by atoms with van der Waals surface area (Å²) in [5.41, 5.74) is 5.31. The van der Waals surface area contributed by atoms with Gasteiger partial charge in [-0.05, 0) is 70.6 Å². The summed E-state index contributed by atoms with van der Waals surface area (Å²) in [6, 6.07) is 0. The molecule has 0 fully saturated rings. The standard InChI is InChI=1S/C43H70NO11P/c1-3-5-7-8-9-10-11-12-13-14-15-16-17-22-26-32-43(49)55-39(37-54-56(50,51)53-35-34-44)36-52-42(48)33-27-31-41(47)40(46)30-25-21-19-18-20-24-29-38(45)28-23-6-4-2/h6,9-10,12-13,15-16,18-21,23-25,29-30,38-41,45-47H,3-5,7-8,11,14,17,22,26-28,31-37,44H2,1-2H3,(H,50,51)/b10-9-,13-12-,16-15-,20-18+,21-19-,23-6-,29-24+,30-25-/t38-,39-,40+,41+/m1/s1. The molecule has 0 bridgehead atoms. The molecule has 0 radical (unpaired) electrons. The van der Waals surface area contributed by atoms with E-state index >= 15 is 0 Å². The molecular weight excluding hydrogens is 737 g/mol. The molecule has 0 aliphatic carbocycles. The van der Waals surface area contributed by atoms with Crippen LogP contribution in [0.2, 0.25) is 0 Å². The van der Waals surface area contributed by atoms with E-state index in [1.165, 1.54) is 25.3 Å². The van der Waals surface area contributed by atoms with Crippen molar-refractivity contribution in [2.24, 2.45) is 5.73 Å². The molecule has 5 atom stereocenters. The highest BCUT2D eigenvalue weighted by Gasteiger charge is 2.26. The number of aliphatic hydroxyl groups is 3. The van der Waals surface area contributed by atoms with E-state index in [4.69, 9.17) is 24.3 Å². The van der Waals surface area contributed by atoms with Crippen molar-refractivity contribution >= 4 is 19.8 Å². The molecule has 0 aromatic carbocycles. The third kappa shape index (κ3) is 35.2. The van der Waals surface area contributed by atoms with Crippen molar-refractivity contribution in [1.82, 2.24) is 0 Å². The second-order valence-corrected chi connectivity index (χ2v) is 14.4. The highest BCUT2D eigenvalue weighted by atomic mass is 31.2. The van der Waals surface area contributed by atoms with Crippen LogP contribution in [-0.2, 0) is 32.7 Å². The number of carbonyl (C=O) groups excluding carboxylic acids is 2. The number of ether oxygens (including phenoxy) is 2. The number of rotatable bonds is 35. The molecule has 0 aromatic rings. The van der Waals surface area contributed by atoms with Gasteiger partial charge >= 0.3 is 19.8 Å². The molecule has 13 heteroatoms. The van der Waals surface area contributed by atoms with Crippen molar-refractivity contribution < 1.29 is 52.9 Å². The molecular formula is C43H70NO11P. The first-order valence-corrected chi connectivity index (χ1v) is 21.5. The summed E-state index contributed by atoms with van der Waals surface area (Å²) in [4.78, 5) is 34.8. The maximum Gasteiger partial charge on any atom is 0.472 e. The van der Waals surface area contributed by atoms with Crippen molar-refractivity contribution in [1.29, 1.82) is 0 Å². The summed E-state index contributed by atoms with van der Waals surface area (Å²) >= 11 is 0. The second kappa shape index (κ2) is 37.4. The van der Waals surface area contributed by atoms with E-state index in [2.05, 4.69) is 43.4 Å². The predicted molar refractivity (Wildman–Crippen MR) is 223 cm³/mol. The Morgan fingerprint density at radius 3 is 1.95 bits per heavy atom. The van der Waals surface area contributed by atoms with Crippen LogP contribution in [0.15, 0.2) is 97.2 Å². The van der Waals surface area contributed by atoms with Crippen LogP contribution in [0.1, 0.15) is 110 Å². The molecule has 0 saturated carbocycles. The lowest BCUT2D eigenvalue weighted by Gasteiger charge is -2.20. The number of hydrogen-bond acceptors (Lipinski definition) is 11.